The summed E-state index contributed by atoms with van der Waals surface area (Å²) in [4.78, 5) is 0. The number of hydrogen-bond donors (Lipinski definition) is 0. The van der Waals surface area contributed by atoms with Gasteiger partial charge in [0, 0.05) is 0 Å². The lowest BCUT2D eigenvalue weighted by atomic mass is 9.79. The third-order valence-electron chi connectivity index (χ3n) is 3.68. The Balaban J connectivity index is 2.75. The highest BCUT2D eigenvalue weighted by molar-refractivity contribution is 5.88. The summed E-state index contributed by atoms with van der Waals surface area (Å²) in [7, 11) is 1.73. The van der Waals surface area contributed by atoms with E-state index in [1.165, 1.54) is 16.3 Å². The van der Waals surface area contributed by atoms with Gasteiger partial charge in [-0.2, -0.15) is 0 Å². The van der Waals surface area contributed by atoms with Crippen LogP contribution in [0.3, 0.4) is 0 Å². The van der Waals surface area contributed by atoms with E-state index >= 15 is 0 Å². The van der Waals surface area contributed by atoms with Crippen LogP contribution < -0.4 is 4.74 Å². The molecule has 0 aromatic heterocycles. The SMILES string of the molecule is CCC(C)(C)c1cc(OC)cc2ccccc12. The van der Waals surface area contributed by atoms with Crippen LogP contribution in [-0.2, 0) is 5.41 Å². The Labute approximate surface area is 103 Å². The minimum absolute atomic E-state index is 0.175. The average molecular weight is 228 g/mol. The third-order valence-corrected chi connectivity index (χ3v) is 3.68. The number of ether oxygens (including phenoxy) is 1. The summed E-state index contributed by atoms with van der Waals surface area (Å²) in [5.41, 5.74) is 1.55. The van der Waals surface area contributed by atoms with Crippen LogP contribution in [0.5, 0.6) is 5.75 Å². The van der Waals surface area contributed by atoms with Gasteiger partial charge in [-0.05, 0) is 40.3 Å². The largest absolute Gasteiger partial charge is 0.497 e. The Bertz CT molecular complexity index is 526. The van der Waals surface area contributed by atoms with Gasteiger partial charge in [0.1, 0.15) is 5.75 Å². The fourth-order valence-corrected chi connectivity index (χ4v) is 2.15. The maximum Gasteiger partial charge on any atom is 0.119 e. The van der Waals surface area contributed by atoms with E-state index in [1.54, 1.807) is 7.11 Å². The smallest absolute Gasteiger partial charge is 0.119 e. The van der Waals surface area contributed by atoms with E-state index in [9.17, 15) is 0 Å². The number of methoxy groups -OCH3 is 1. The second-order valence-electron chi connectivity index (χ2n) is 5.13. The minimum Gasteiger partial charge on any atom is -0.497 e. The van der Waals surface area contributed by atoms with Gasteiger partial charge >= 0.3 is 0 Å². The van der Waals surface area contributed by atoms with Crippen molar-refractivity contribution in [1.29, 1.82) is 0 Å². The molecule has 90 valence electrons. The molecule has 0 amide bonds. The Morgan fingerprint density at radius 1 is 1.12 bits per heavy atom. The summed E-state index contributed by atoms with van der Waals surface area (Å²) in [5.74, 6) is 0.945. The first-order valence-corrected chi connectivity index (χ1v) is 6.16. The Morgan fingerprint density at radius 3 is 2.47 bits per heavy atom. The van der Waals surface area contributed by atoms with Crippen molar-refractivity contribution >= 4 is 10.8 Å². The highest BCUT2D eigenvalue weighted by atomic mass is 16.5. The molecule has 2 aromatic carbocycles. The molecule has 0 aliphatic carbocycles. The van der Waals surface area contributed by atoms with Gasteiger partial charge in [0.2, 0.25) is 0 Å². The molecule has 0 radical (unpaired) electrons. The first-order valence-electron chi connectivity index (χ1n) is 6.16. The number of benzene rings is 2. The van der Waals surface area contributed by atoms with Gasteiger partial charge in [0.25, 0.3) is 0 Å². The van der Waals surface area contributed by atoms with Crippen molar-refractivity contribution < 1.29 is 4.74 Å². The molecular formula is C16H20O. The van der Waals surface area contributed by atoms with Gasteiger partial charge in [-0.15, -0.1) is 0 Å². The van der Waals surface area contributed by atoms with E-state index in [0.29, 0.717) is 0 Å². The van der Waals surface area contributed by atoms with Gasteiger partial charge in [-0.25, -0.2) is 0 Å². The normalized spacial score (nSPS) is 11.8. The molecule has 0 atom stereocenters. The van der Waals surface area contributed by atoms with Crippen LogP contribution in [-0.4, -0.2) is 7.11 Å². The summed E-state index contributed by atoms with van der Waals surface area (Å²) in [6, 6.07) is 12.8. The molecule has 0 saturated heterocycles. The first-order chi connectivity index (χ1) is 8.08. The highest BCUT2D eigenvalue weighted by Crippen LogP contribution is 2.35. The maximum absolute atomic E-state index is 5.40. The lowest BCUT2D eigenvalue weighted by molar-refractivity contribution is 0.412. The van der Waals surface area contributed by atoms with Crippen LogP contribution in [0.15, 0.2) is 36.4 Å². The van der Waals surface area contributed by atoms with E-state index in [4.69, 9.17) is 4.74 Å². The van der Waals surface area contributed by atoms with Gasteiger partial charge in [0.05, 0.1) is 7.11 Å². The fourth-order valence-electron chi connectivity index (χ4n) is 2.15. The zero-order chi connectivity index (χ0) is 12.5. The summed E-state index contributed by atoms with van der Waals surface area (Å²) in [6.07, 6.45) is 1.12. The van der Waals surface area contributed by atoms with Gasteiger partial charge < -0.3 is 4.74 Å². The van der Waals surface area contributed by atoms with Crippen LogP contribution in [0.4, 0.5) is 0 Å². The van der Waals surface area contributed by atoms with E-state index in [2.05, 4.69) is 57.2 Å². The van der Waals surface area contributed by atoms with Crippen molar-refractivity contribution in [3.8, 4) is 5.75 Å². The van der Waals surface area contributed by atoms with Crippen LogP contribution in [0, 0.1) is 0 Å². The molecule has 0 unspecified atom stereocenters. The van der Waals surface area contributed by atoms with E-state index in [1.807, 2.05) is 0 Å². The molecule has 0 fully saturated rings. The lowest BCUT2D eigenvalue weighted by Crippen LogP contribution is -2.16. The molecule has 0 aliphatic heterocycles. The minimum atomic E-state index is 0.175. The molecule has 0 N–H and O–H groups in total. The predicted molar refractivity (Wildman–Crippen MR) is 73.8 cm³/mol. The van der Waals surface area contributed by atoms with Crippen molar-refractivity contribution in [3.05, 3.63) is 42.0 Å². The van der Waals surface area contributed by atoms with Crippen molar-refractivity contribution in [3.63, 3.8) is 0 Å². The monoisotopic (exact) mass is 228 g/mol. The molecule has 0 heterocycles. The van der Waals surface area contributed by atoms with Crippen LogP contribution in [0.2, 0.25) is 0 Å². The molecule has 0 spiro atoms. The molecule has 0 aliphatic rings. The molecule has 0 saturated carbocycles. The molecule has 2 rings (SSSR count). The Morgan fingerprint density at radius 2 is 1.82 bits per heavy atom. The third kappa shape index (κ3) is 2.14. The topological polar surface area (TPSA) is 9.23 Å². The quantitative estimate of drug-likeness (QED) is 0.749. The average Bonchev–Trinajstić information content (AvgIpc) is 2.37. The zero-order valence-corrected chi connectivity index (χ0v) is 11.1. The molecular weight excluding hydrogens is 208 g/mol. The van der Waals surface area contributed by atoms with Crippen LogP contribution >= 0.6 is 0 Å². The summed E-state index contributed by atoms with van der Waals surface area (Å²) >= 11 is 0. The van der Waals surface area contributed by atoms with E-state index in [0.717, 1.165) is 12.2 Å². The molecule has 17 heavy (non-hydrogen) atoms. The van der Waals surface area contributed by atoms with Gasteiger partial charge in [0.15, 0.2) is 0 Å². The van der Waals surface area contributed by atoms with Gasteiger partial charge in [-0.1, -0.05) is 45.0 Å². The zero-order valence-electron chi connectivity index (χ0n) is 11.1. The summed E-state index contributed by atoms with van der Waals surface area (Å²) in [6.45, 7) is 6.80. The number of rotatable bonds is 3. The second-order valence-corrected chi connectivity index (χ2v) is 5.13. The van der Waals surface area contributed by atoms with Crippen molar-refractivity contribution in [1.82, 2.24) is 0 Å². The molecule has 1 heteroatoms. The fraction of sp³-hybridized carbons (Fsp3) is 0.375. The lowest BCUT2D eigenvalue weighted by Gasteiger charge is -2.25. The Hall–Kier alpha value is -1.50. The highest BCUT2D eigenvalue weighted by Gasteiger charge is 2.21. The second kappa shape index (κ2) is 4.40. The van der Waals surface area contributed by atoms with Crippen molar-refractivity contribution in [2.45, 2.75) is 32.6 Å². The molecule has 0 bridgehead atoms. The number of fused-ring (bicyclic) bond motifs is 1. The first kappa shape index (κ1) is 12.0. The standard InChI is InChI=1S/C16H20O/c1-5-16(2,3)15-11-13(17-4)10-12-8-6-7-9-14(12)15/h6-11H,5H2,1-4H3. The Kier molecular flexibility index (Phi) is 3.10. The summed E-state index contributed by atoms with van der Waals surface area (Å²) < 4.78 is 5.40. The number of hydrogen-bond acceptors (Lipinski definition) is 1. The van der Waals surface area contributed by atoms with Gasteiger partial charge in [-0.3, -0.25) is 0 Å². The van der Waals surface area contributed by atoms with Crippen molar-refractivity contribution in [2.75, 3.05) is 7.11 Å². The molecule has 2 aromatic rings. The van der Waals surface area contributed by atoms with Crippen molar-refractivity contribution in [2.24, 2.45) is 0 Å². The molecule has 1 nitrogen and oxygen atoms in total. The van der Waals surface area contributed by atoms with E-state index < -0.39 is 0 Å². The van der Waals surface area contributed by atoms with Crippen LogP contribution in [0.1, 0.15) is 32.8 Å². The van der Waals surface area contributed by atoms with E-state index in [-0.39, 0.29) is 5.41 Å². The summed E-state index contributed by atoms with van der Waals surface area (Å²) in [5, 5.41) is 2.59. The maximum atomic E-state index is 5.40. The predicted octanol–water partition coefficient (Wildman–Crippen LogP) is 4.54. The van der Waals surface area contributed by atoms with Crippen LogP contribution in [0.25, 0.3) is 10.8 Å².